The molecule has 1 heterocycles. The van der Waals surface area contributed by atoms with Crippen LogP contribution in [0.25, 0.3) is 11.0 Å². The van der Waals surface area contributed by atoms with Gasteiger partial charge in [0.25, 0.3) is 0 Å². The Kier molecular flexibility index (Phi) is 2.86. The zero-order valence-corrected chi connectivity index (χ0v) is 9.83. The van der Waals surface area contributed by atoms with Gasteiger partial charge in [-0.15, -0.1) is 0 Å². The van der Waals surface area contributed by atoms with Crippen molar-refractivity contribution in [2.45, 2.75) is 6.92 Å². The smallest absolute Gasteiger partial charge is 0.223 e. The average Bonchev–Trinajstić information content (AvgIpc) is 2.66. The maximum atomic E-state index is 10.9. The van der Waals surface area contributed by atoms with Crippen LogP contribution in [0.1, 0.15) is 6.92 Å². The van der Waals surface area contributed by atoms with Crippen molar-refractivity contribution in [2.24, 2.45) is 0 Å². The maximum absolute atomic E-state index is 10.9. The van der Waals surface area contributed by atoms with Crippen molar-refractivity contribution in [3.8, 4) is 11.5 Å². The minimum atomic E-state index is -0.178. The predicted molar refractivity (Wildman–Crippen MR) is 63.5 cm³/mol. The number of carbonyl (C=O) groups excluding carboxylic acids is 1. The van der Waals surface area contributed by atoms with Crippen LogP contribution in [0.5, 0.6) is 11.5 Å². The normalized spacial score (nSPS) is 10.3. The third kappa shape index (κ3) is 2.15. The number of methoxy groups -OCH3 is 2. The van der Waals surface area contributed by atoms with E-state index >= 15 is 0 Å². The second-order valence-electron chi connectivity index (χ2n) is 3.49. The van der Waals surface area contributed by atoms with E-state index in [1.807, 2.05) is 0 Å². The van der Waals surface area contributed by atoms with Crippen molar-refractivity contribution in [3.63, 3.8) is 0 Å². The highest BCUT2D eigenvalue weighted by molar-refractivity contribution is 5.90. The Morgan fingerprint density at radius 2 is 1.94 bits per heavy atom. The summed E-state index contributed by atoms with van der Waals surface area (Å²) >= 11 is 0. The Labute approximate surface area is 97.9 Å². The van der Waals surface area contributed by atoms with Crippen LogP contribution >= 0.6 is 0 Å². The number of benzene rings is 1. The molecule has 0 saturated heterocycles. The van der Waals surface area contributed by atoms with Gasteiger partial charge in [0.05, 0.1) is 25.3 Å². The molecule has 1 amide bonds. The number of nitrogens with zero attached hydrogens (tertiary/aromatic N) is 1. The zero-order valence-electron chi connectivity index (χ0n) is 9.83. The van der Waals surface area contributed by atoms with E-state index in [0.29, 0.717) is 23.0 Å². The number of carbonyl (C=O) groups is 1. The van der Waals surface area contributed by atoms with Gasteiger partial charge in [-0.1, -0.05) is 0 Å². The van der Waals surface area contributed by atoms with E-state index in [0.717, 1.165) is 5.52 Å². The third-order valence-electron chi connectivity index (χ3n) is 2.28. The summed E-state index contributed by atoms with van der Waals surface area (Å²) in [7, 11) is 3.12. The van der Waals surface area contributed by atoms with Crippen LogP contribution in [0.15, 0.2) is 12.1 Å². The fourth-order valence-electron chi connectivity index (χ4n) is 1.56. The van der Waals surface area contributed by atoms with Crippen molar-refractivity contribution < 1.29 is 14.3 Å². The summed E-state index contributed by atoms with van der Waals surface area (Å²) in [6.45, 7) is 1.42. The van der Waals surface area contributed by atoms with Gasteiger partial charge in [0.1, 0.15) is 0 Å². The van der Waals surface area contributed by atoms with Gasteiger partial charge in [0.2, 0.25) is 11.9 Å². The molecule has 0 saturated carbocycles. The van der Waals surface area contributed by atoms with Gasteiger partial charge in [0, 0.05) is 19.1 Å². The van der Waals surface area contributed by atoms with E-state index in [-0.39, 0.29) is 5.91 Å². The first-order valence-corrected chi connectivity index (χ1v) is 5.03. The van der Waals surface area contributed by atoms with E-state index < -0.39 is 0 Å². The lowest BCUT2D eigenvalue weighted by molar-refractivity contribution is -0.114. The summed E-state index contributed by atoms with van der Waals surface area (Å²) < 4.78 is 10.3. The summed E-state index contributed by atoms with van der Waals surface area (Å²) in [6.07, 6.45) is 0. The van der Waals surface area contributed by atoms with E-state index in [2.05, 4.69) is 15.3 Å². The first-order chi connectivity index (χ1) is 8.13. The molecule has 0 radical (unpaired) electrons. The van der Waals surface area contributed by atoms with E-state index in [4.69, 9.17) is 9.47 Å². The molecule has 0 atom stereocenters. The topological polar surface area (TPSA) is 76.2 Å². The fourth-order valence-corrected chi connectivity index (χ4v) is 1.56. The quantitative estimate of drug-likeness (QED) is 0.846. The first kappa shape index (κ1) is 11.3. The number of anilines is 1. The number of aromatic nitrogens is 2. The van der Waals surface area contributed by atoms with Gasteiger partial charge >= 0.3 is 0 Å². The highest BCUT2D eigenvalue weighted by atomic mass is 16.5. The predicted octanol–water partition coefficient (Wildman–Crippen LogP) is 1.54. The Bertz CT molecular complexity index is 521. The van der Waals surface area contributed by atoms with E-state index in [1.54, 1.807) is 26.4 Å². The molecule has 2 N–H and O–H groups in total. The number of fused-ring (bicyclic) bond motifs is 1. The molecule has 6 heteroatoms. The molecule has 0 spiro atoms. The molecule has 0 aliphatic rings. The van der Waals surface area contributed by atoms with Gasteiger partial charge in [0.15, 0.2) is 11.5 Å². The summed E-state index contributed by atoms with van der Waals surface area (Å²) in [5, 5.41) is 2.58. The summed E-state index contributed by atoms with van der Waals surface area (Å²) in [5.41, 5.74) is 1.47. The number of hydrogen-bond acceptors (Lipinski definition) is 4. The zero-order chi connectivity index (χ0) is 12.4. The van der Waals surface area contributed by atoms with Crippen LogP contribution in [-0.2, 0) is 4.79 Å². The standard InChI is InChI=1S/C11H13N3O3/c1-6(15)12-11-13-7-4-9(16-2)10(17-3)5-8(7)14-11/h4-5H,1-3H3,(H2,12,13,14,15). The number of imidazole rings is 1. The van der Waals surface area contributed by atoms with Gasteiger partial charge < -0.3 is 14.5 Å². The molecule has 1 aromatic carbocycles. The number of H-pyrrole nitrogens is 1. The minimum Gasteiger partial charge on any atom is -0.493 e. The first-order valence-electron chi connectivity index (χ1n) is 5.03. The molecule has 17 heavy (non-hydrogen) atoms. The van der Waals surface area contributed by atoms with E-state index in [1.165, 1.54) is 6.92 Å². The second kappa shape index (κ2) is 4.32. The average molecular weight is 235 g/mol. The van der Waals surface area contributed by atoms with Crippen LogP contribution < -0.4 is 14.8 Å². The van der Waals surface area contributed by atoms with Gasteiger partial charge in [-0.3, -0.25) is 10.1 Å². The lowest BCUT2D eigenvalue weighted by atomic mass is 10.3. The molecule has 2 aromatic rings. The molecule has 0 unspecified atom stereocenters. The number of hydrogen-bond donors (Lipinski definition) is 2. The molecule has 2 rings (SSSR count). The van der Waals surface area contributed by atoms with Crippen LogP contribution in [0.4, 0.5) is 5.95 Å². The number of aromatic amines is 1. The number of ether oxygens (including phenoxy) is 2. The number of nitrogens with one attached hydrogen (secondary N) is 2. The molecular weight excluding hydrogens is 222 g/mol. The van der Waals surface area contributed by atoms with Crippen molar-refractivity contribution >= 4 is 22.9 Å². The Balaban J connectivity index is 2.49. The summed E-state index contributed by atoms with van der Waals surface area (Å²) in [4.78, 5) is 18.1. The van der Waals surface area contributed by atoms with Crippen LogP contribution in [0, 0.1) is 0 Å². The van der Waals surface area contributed by atoms with Crippen LogP contribution in [-0.4, -0.2) is 30.1 Å². The SMILES string of the molecule is COc1cc2nc(NC(C)=O)[nH]c2cc1OC. The lowest BCUT2D eigenvalue weighted by Crippen LogP contribution is -2.06. The largest absolute Gasteiger partial charge is 0.493 e. The lowest BCUT2D eigenvalue weighted by Gasteiger charge is -2.06. The van der Waals surface area contributed by atoms with Gasteiger partial charge in [-0.05, 0) is 0 Å². The summed E-state index contributed by atoms with van der Waals surface area (Å²) in [6, 6.07) is 3.52. The van der Waals surface area contributed by atoms with Crippen molar-refractivity contribution in [1.82, 2.24) is 9.97 Å². The number of amides is 1. The molecule has 0 fully saturated rings. The minimum absolute atomic E-state index is 0.178. The molecule has 0 bridgehead atoms. The number of rotatable bonds is 3. The van der Waals surface area contributed by atoms with Crippen LogP contribution in [0.2, 0.25) is 0 Å². The second-order valence-corrected chi connectivity index (χ2v) is 3.49. The van der Waals surface area contributed by atoms with Gasteiger partial charge in [-0.25, -0.2) is 4.98 Å². The molecule has 6 nitrogen and oxygen atoms in total. The van der Waals surface area contributed by atoms with Crippen LogP contribution in [0.3, 0.4) is 0 Å². The summed E-state index contributed by atoms with van der Waals surface area (Å²) in [5.74, 6) is 1.43. The molecule has 0 aliphatic carbocycles. The molecular formula is C11H13N3O3. The van der Waals surface area contributed by atoms with Gasteiger partial charge in [-0.2, -0.15) is 0 Å². The fraction of sp³-hybridized carbons (Fsp3) is 0.273. The van der Waals surface area contributed by atoms with Crippen molar-refractivity contribution in [2.75, 3.05) is 19.5 Å². The molecule has 90 valence electrons. The highest BCUT2D eigenvalue weighted by Gasteiger charge is 2.10. The van der Waals surface area contributed by atoms with Crippen molar-refractivity contribution in [3.05, 3.63) is 12.1 Å². The molecule has 0 aliphatic heterocycles. The Morgan fingerprint density at radius 1 is 1.29 bits per heavy atom. The third-order valence-corrected chi connectivity index (χ3v) is 2.28. The Hall–Kier alpha value is -2.24. The van der Waals surface area contributed by atoms with Crippen molar-refractivity contribution in [1.29, 1.82) is 0 Å². The maximum Gasteiger partial charge on any atom is 0.223 e. The molecule has 1 aromatic heterocycles. The Morgan fingerprint density at radius 3 is 2.53 bits per heavy atom. The van der Waals surface area contributed by atoms with E-state index in [9.17, 15) is 4.79 Å². The monoisotopic (exact) mass is 235 g/mol. The highest BCUT2D eigenvalue weighted by Crippen LogP contribution is 2.31.